The van der Waals surface area contributed by atoms with E-state index in [0.29, 0.717) is 0 Å². The monoisotopic (exact) mass is 225 g/mol. The first kappa shape index (κ1) is 11.1. The van der Waals surface area contributed by atoms with E-state index in [1.165, 1.54) is 4.88 Å². The van der Waals surface area contributed by atoms with Gasteiger partial charge in [-0.2, -0.15) is 0 Å². The van der Waals surface area contributed by atoms with Gasteiger partial charge in [0.05, 0.1) is 5.60 Å². The van der Waals surface area contributed by atoms with Gasteiger partial charge in [-0.1, -0.05) is 0 Å². The number of hydrogen-bond acceptors (Lipinski definition) is 3. The second-order valence-corrected chi connectivity index (χ2v) is 5.75. The van der Waals surface area contributed by atoms with Crippen molar-refractivity contribution in [2.45, 2.75) is 31.8 Å². The van der Waals surface area contributed by atoms with E-state index in [2.05, 4.69) is 30.3 Å². The van der Waals surface area contributed by atoms with Crippen molar-refractivity contribution in [1.29, 1.82) is 0 Å². The molecule has 0 bridgehead atoms. The van der Waals surface area contributed by atoms with Gasteiger partial charge in [-0.3, -0.25) is 0 Å². The molecule has 0 spiro atoms. The fraction of sp³-hybridized carbons (Fsp3) is 0.667. The van der Waals surface area contributed by atoms with E-state index in [0.717, 1.165) is 37.9 Å². The maximum absolute atomic E-state index is 10.6. The molecule has 1 N–H and O–H groups in total. The molecule has 3 heteroatoms. The fourth-order valence-electron chi connectivity index (χ4n) is 2.23. The van der Waals surface area contributed by atoms with Crippen LogP contribution in [0.2, 0.25) is 0 Å². The molecule has 0 radical (unpaired) electrons. The van der Waals surface area contributed by atoms with Gasteiger partial charge < -0.3 is 10.0 Å². The lowest BCUT2D eigenvalue weighted by Gasteiger charge is -2.25. The van der Waals surface area contributed by atoms with Gasteiger partial charge in [0.1, 0.15) is 0 Å². The van der Waals surface area contributed by atoms with Crippen LogP contribution >= 0.6 is 11.3 Å². The average Bonchev–Trinajstić information content (AvgIpc) is 2.55. The van der Waals surface area contributed by atoms with Crippen molar-refractivity contribution in [3.63, 3.8) is 0 Å². The van der Waals surface area contributed by atoms with Crippen molar-refractivity contribution >= 4 is 11.3 Å². The zero-order chi connectivity index (χ0) is 10.9. The van der Waals surface area contributed by atoms with Gasteiger partial charge in [0.2, 0.25) is 0 Å². The largest absolute Gasteiger partial charge is 0.385 e. The van der Waals surface area contributed by atoms with Crippen molar-refractivity contribution in [3.8, 4) is 0 Å². The van der Waals surface area contributed by atoms with Gasteiger partial charge in [-0.25, -0.2) is 0 Å². The molecule has 2 nitrogen and oxygen atoms in total. The molecule has 15 heavy (non-hydrogen) atoms. The number of aliphatic hydroxyl groups is 1. The molecule has 1 aromatic heterocycles. The minimum Gasteiger partial charge on any atom is -0.385 e. The Morgan fingerprint density at radius 3 is 2.87 bits per heavy atom. The van der Waals surface area contributed by atoms with Crippen molar-refractivity contribution in [2.75, 3.05) is 20.1 Å². The predicted octanol–water partition coefficient (Wildman–Crippen LogP) is 2.36. The number of nitrogens with zero attached hydrogens (tertiary/aromatic N) is 1. The third-order valence-corrected chi connectivity index (χ3v) is 4.17. The lowest BCUT2D eigenvalue weighted by Crippen LogP contribution is -2.27. The van der Waals surface area contributed by atoms with E-state index < -0.39 is 5.60 Å². The normalized spacial score (nSPS) is 29.0. The molecule has 1 fully saturated rings. The van der Waals surface area contributed by atoms with Crippen LogP contribution in [0.3, 0.4) is 0 Å². The second-order valence-electron chi connectivity index (χ2n) is 4.63. The summed E-state index contributed by atoms with van der Waals surface area (Å²) in [6.45, 7) is 4.19. The smallest absolute Gasteiger partial charge is 0.0917 e. The van der Waals surface area contributed by atoms with Gasteiger partial charge in [0.25, 0.3) is 0 Å². The van der Waals surface area contributed by atoms with Crippen molar-refractivity contribution in [2.24, 2.45) is 0 Å². The predicted molar refractivity (Wildman–Crippen MR) is 64.3 cm³/mol. The third-order valence-electron chi connectivity index (χ3n) is 3.31. The molecular formula is C12H19NOS. The van der Waals surface area contributed by atoms with E-state index in [-0.39, 0.29) is 0 Å². The Morgan fingerprint density at radius 2 is 2.20 bits per heavy atom. The van der Waals surface area contributed by atoms with Crippen LogP contribution in [0.25, 0.3) is 0 Å². The van der Waals surface area contributed by atoms with E-state index >= 15 is 0 Å². The molecule has 2 heterocycles. The van der Waals surface area contributed by atoms with Crippen LogP contribution in [0.15, 0.2) is 11.4 Å². The maximum atomic E-state index is 10.6. The molecule has 2 rings (SSSR count). The summed E-state index contributed by atoms with van der Waals surface area (Å²) in [6, 6.07) is 2.13. The van der Waals surface area contributed by atoms with E-state index in [1.807, 2.05) is 0 Å². The summed E-state index contributed by atoms with van der Waals surface area (Å²) in [7, 11) is 2.13. The lowest BCUT2D eigenvalue weighted by molar-refractivity contribution is 0.0222. The van der Waals surface area contributed by atoms with E-state index in [4.69, 9.17) is 0 Å². The van der Waals surface area contributed by atoms with Crippen LogP contribution in [0.5, 0.6) is 0 Å². The molecule has 1 aromatic rings. The second kappa shape index (κ2) is 4.24. The maximum Gasteiger partial charge on any atom is 0.0917 e. The van der Waals surface area contributed by atoms with Crippen LogP contribution in [0.4, 0.5) is 0 Å². The number of thiophene rings is 1. The number of hydrogen-bond donors (Lipinski definition) is 1. The minimum atomic E-state index is -0.574. The summed E-state index contributed by atoms with van der Waals surface area (Å²) in [4.78, 5) is 3.59. The molecule has 84 valence electrons. The Kier molecular flexibility index (Phi) is 3.14. The summed E-state index contributed by atoms with van der Waals surface area (Å²) in [5.41, 5.74) is 0.551. The van der Waals surface area contributed by atoms with Crippen molar-refractivity contribution < 1.29 is 5.11 Å². The van der Waals surface area contributed by atoms with Gasteiger partial charge >= 0.3 is 0 Å². The van der Waals surface area contributed by atoms with Crippen LogP contribution in [-0.2, 0) is 5.60 Å². The van der Waals surface area contributed by atoms with Crippen molar-refractivity contribution in [3.05, 3.63) is 21.9 Å². The first-order valence-electron chi connectivity index (χ1n) is 5.57. The molecule has 1 saturated heterocycles. The SMILES string of the molecule is Cc1cc(C2(O)CCCN(C)CC2)cs1. The first-order chi connectivity index (χ1) is 7.10. The number of rotatable bonds is 1. The highest BCUT2D eigenvalue weighted by atomic mass is 32.1. The Bertz CT molecular complexity index is 336. The first-order valence-corrected chi connectivity index (χ1v) is 6.45. The molecule has 1 unspecified atom stereocenters. The molecular weight excluding hydrogens is 206 g/mol. The van der Waals surface area contributed by atoms with Crippen LogP contribution < -0.4 is 0 Å². The zero-order valence-electron chi connectivity index (χ0n) is 9.49. The quantitative estimate of drug-likeness (QED) is 0.793. The van der Waals surface area contributed by atoms with Gasteiger partial charge in [0.15, 0.2) is 0 Å². The minimum absolute atomic E-state index is 0.574. The zero-order valence-corrected chi connectivity index (χ0v) is 10.3. The number of likely N-dealkylation sites (tertiary alicyclic amines) is 1. The Hall–Kier alpha value is -0.380. The third kappa shape index (κ3) is 2.41. The molecule has 0 aromatic carbocycles. The summed E-state index contributed by atoms with van der Waals surface area (Å²) in [5, 5.41) is 12.7. The van der Waals surface area contributed by atoms with Gasteiger partial charge in [0, 0.05) is 11.4 Å². The fourth-order valence-corrected chi connectivity index (χ4v) is 3.03. The van der Waals surface area contributed by atoms with Crippen LogP contribution in [0, 0.1) is 6.92 Å². The van der Waals surface area contributed by atoms with E-state index in [1.54, 1.807) is 11.3 Å². The molecule has 0 aliphatic carbocycles. The lowest BCUT2D eigenvalue weighted by atomic mass is 9.88. The van der Waals surface area contributed by atoms with Crippen LogP contribution in [-0.4, -0.2) is 30.1 Å². The molecule has 1 aliphatic heterocycles. The highest BCUT2D eigenvalue weighted by Gasteiger charge is 2.31. The summed E-state index contributed by atoms with van der Waals surface area (Å²) < 4.78 is 0. The van der Waals surface area contributed by atoms with Gasteiger partial charge in [-0.05, 0) is 56.8 Å². The standard InChI is InChI=1S/C12H19NOS/c1-10-8-11(9-15-10)12(14)4-3-6-13(2)7-5-12/h8-9,14H,3-7H2,1-2H3. The Balaban J connectivity index is 2.18. The Morgan fingerprint density at radius 1 is 1.40 bits per heavy atom. The summed E-state index contributed by atoms with van der Waals surface area (Å²) in [5.74, 6) is 0. The van der Waals surface area contributed by atoms with Crippen LogP contribution in [0.1, 0.15) is 29.7 Å². The van der Waals surface area contributed by atoms with Gasteiger partial charge in [-0.15, -0.1) is 11.3 Å². The summed E-state index contributed by atoms with van der Waals surface area (Å²) in [6.07, 6.45) is 2.84. The average molecular weight is 225 g/mol. The van der Waals surface area contributed by atoms with Crippen molar-refractivity contribution in [1.82, 2.24) is 4.90 Å². The molecule has 1 atom stereocenters. The number of aryl methyl sites for hydroxylation is 1. The Labute approximate surface area is 95.5 Å². The molecule has 1 aliphatic rings. The molecule has 0 saturated carbocycles. The molecule has 0 amide bonds. The summed E-state index contributed by atoms with van der Waals surface area (Å²) >= 11 is 1.73. The van der Waals surface area contributed by atoms with E-state index in [9.17, 15) is 5.11 Å². The highest BCUT2D eigenvalue weighted by molar-refractivity contribution is 7.10. The topological polar surface area (TPSA) is 23.5 Å². The highest BCUT2D eigenvalue weighted by Crippen LogP contribution is 2.34.